The monoisotopic (exact) mass is 366 g/mol. The van der Waals surface area contributed by atoms with Crippen molar-refractivity contribution in [3.05, 3.63) is 71.1 Å². The third kappa shape index (κ3) is 4.47. The van der Waals surface area contributed by atoms with Crippen LogP contribution in [0, 0.1) is 13.8 Å². The maximum absolute atomic E-state index is 12.5. The number of nitrogens with zero attached hydrogens (tertiary/aromatic N) is 1. The molecule has 0 unspecified atom stereocenters. The molecule has 0 fully saturated rings. The van der Waals surface area contributed by atoms with Gasteiger partial charge in [-0.1, -0.05) is 17.3 Å². The highest BCUT2D eigenvalue weighted by atomic mass is 16.5. The van der Waals surface area contributed by atoms with Crippen molar-refractivity contribution in [2.45, 2.75) is 27.4 Å². The van der Waals surface area contributed by atoms with E-state index in [2.05, 4.69) is 10.5 Å². The second-order valence-electron chi connectivity index (χ2n) is 6.00. The Labute approximate surface area is 158 Å². The van der Waals surface area contributed by atoms with Crippen molar-refractivity contribution >= 4 is 11.6 Å². The maximum Gasteiger partial charge on any atom is 0.255 e. The highest BCUT2D eigenvalue weighted by Crippen LogP contribution is 2.25. The van der Waals surface area contributed by atoms with Gasteiger partial charge in [0, 0.05) is 5.56 Å². The number of para-hydroxylation sites is 2. The number of aromatic nitrogens is 1. The molecule has 1 heterocycles. The first kappa shape index (κ1) is 18.5. The van der Waals surface area contributed by atoms with Crippen LogP contribution in [0.1, 0.15) is 34.3 Å². The first-order valence-electron chi connectivity index (χ1n) is 8.76. The summed E-state index contributed by atoms with van der Waals surface area (Å²) in [7, 11) is 0. The first-order chi connectivity index (χ1) is 13.1. The van der Waals surface area contributed by atoms with E-state index in [0.29, 0.717) is 36.0 Å². The zero-order valence-electron chi connectivity index (χ0n) is 15.6. The lowest BCUT2D eigenvalue weighted by Crippen LogP contribution is -2.12. The third-order valence-electron chi connectivity index (χ3n) is 4.12. The molecular weight excluding hydrogens is 344 g/mol. The highest BCUT2D eigenvalue weighted by Gasteiger charge is 2.11. The van der Waals surface area contributed by atoms with E-state index in [9.17, 15) is 4.79 Å². The molecule has 3 aromatic rings. The van der Waals surface area contributed by atoms with Crippen LogP contribution in [0.2, 0.25) is 0 Å². The maximum atomic E-state index is 12.5. The van der Waals surface area contributed by atoms with Crippen molar-refractivity contribution in [3.8, 4) is 11.5 Å². The number of carbonyl (C=O) groups excluding carboxylic acids is 1. The van der Waals surface area contributed by atoms with Gasteiger partial charge in [0.05, 0.1) is 23.6 Å². The predicted octanol–water partition coefficient (Wildman–Crippen LogP) is 4.52. The smallest absolute Gasteiger partial charge is 0.255 e. The normalized spacial score (nSPS) is 10.5. The summed E-state index contributed by atoms with van der Waals surface area (Å²) >= 11 is 0. The van der Waals surface area contributed by atoms with Gasteiger partial charge >= 0.3 is 0 Å². The molecule has 0 spiro atoms. The summed E-state index contributed by atoms with van der Waals surface area (Å²) in [6, 6.07) is 14.3. The topological polar surface area (TPSA) is 73.6 Å². The van der Waals surface area contributed by atoms with Crippen LogP contribution in [0.4, 0.5) is 5.69 Å². The minimum atomic E-state index is -0.209. The van der Waals surface area contributed by atoms with E-state index in [1.54, 1.807) is 24.3 Å². The largest absolute Gasteiger partial charge is 0.492 e. The van der Waals surface area contributed by atoms with E-state index in [1.807, 2.05) is 45.0 Å². The zero-order valence-corrected chi connectivity index (χ0v) is 15.6. The Morgan fingerprint density at radius 1 is 1.07 bits per heavy atom. The fourth-order valence-electron chi connectivity index (χ4n) is 2.61. The number of hydrogen-bond donors (Lipinski definition) is 1. The van der Waals surface area contributed by atoms with Crippen molar-refractivity contribution in [3.63, 3.8) is 0 Å². The average Bonchev–Trinajstić information content (AvgIpc) is 3.00. The van der Waals surface area contributed by atoms with Gasteiger partial charge in [-0.05, 0) is 57.2 Å². The molecule has 0 aliphatic heterocycles. The van der Waals surface area contributed by atoms with Crippen molar-refractivity contribution in [1.82, 2.24) is 5.16 Å². The summed E-state index contributed by atoms with van der Waals surface area (Å²) < 4.78 is 16.4. The molecule has 6 nitrogen and oxygen atoms in total. The number of aryl methyl sites for hydroxylation is 2. The fraction of sp³-hybridized carbons (Fsp3) is 0.238. The van der Waals surface area contributed by atoms with Gasteiger partial charge in [0.2, 0.25) is 0 Å². The molecule has 27 heavy (non-hydrogen) atoms. The Balaban J connectivity index is 1.64. The Hall–Kier alpha value is -3.28. The van der Waals surface area contributed by atoms with Gasteiger partial charge in [0.15, 0.2) is 0 Å². The number of carbonyl (C=O) groups is 1. The van der Waals surface area contributed by atoms with E-state index in [4.69, 9.17) is 14.0 Å². The minimum Gasteiger partial charge on any atom is -0.492 e. The summed E-state index contributed by atoms with van der Waals surface area (Å²) in [6.45, 7) is 6.54. The number of amides is 1. The summed E-state index contributed by atoms with van der Waals surface area (Å²) in [5, 5.41) is 6.78. The van der Waals surface area contributed by atoms with Crippen molar-refractivity contribution < 1.29 is 18.8 Å². The molecule has 1 amide bonds. The number of rotatable bonds is 7. The fourth-order valence-corrected chi connectivity index (χ4v) is 2.61. The average molecular weight is 366 g/mol. The van der Waals surface area contributed by atoms with E-state index < -0.39 is 0 Å². The molecule has 0 bridgehead atoms. The summed E-state index contributed by atoms with van der Waals surface area (Å²) in [5.41, 5.74) is 2.93. The van der Waals surface area contributed by atoms with Crippen molar-refractivity contribution in [2.75, 3.05) is 11.9 Å². The van der Waals surface area contributed by atoms with E-state index in [-0.39, 0.29) is 5.91 Å². The third-order valence-corrected chi connectivity index (χ3v) is 4.12. The molecule has 0 aliphatic carbocycles. The predicted molar refractivity (Wildman–Crippen MR) is 102 cm³/mol. The van der Waals surface area contributed by atoms with Gasteiger partial charge in [0.1, 0.15) is 23.9 Å². The lowest BCUT2D eigenvalue weighted by atomic mass is 10.2. The second-order valence-corrected chi connectivity index (χ2v) is 6.00. The van der Waals surface area contributed by atoms with Gasteiger partial charge in [-0.25, -0.2) is 0 Å². The van der Waals surface area contributed by atoms with E-state index >= 15 is 0 Å². The van der Waals surface area contributed by atoms with Gasteiger partial charge in [-0.15, -0.1) is 0 Å². The summed E-state index contributed by atoms with van der Waals surface area (Å²) in [5.74, 6) is 1.85. The second kappa shape index (κ2) is 8.40. The van der Waals surface area contributed by atoms with Crippen LogP contribution in [0.5, 0.6) is 11.5 Å². The molecule has 3 rings (SSSR count). The quantitative estimate of drug-likeness (QED) is 0.665. The Morgan fingerprint density at radius 2 is 1.81 bits per heavy atom. The van der Waals surface area contributed by atoms with Gasteiger partial charge in [0.25, 0.3) is 5.91 Å². The Bertz CT molecular complexity index is 897. The minimum absolute atomic E-state index is 0.209. The van der Waals surface area contributed by atoms with Crippen LogP contribution in [0.3, 0.4) is 0 Å². The molecule has 1 N–H and O–H groups in total. The Morgan fingerprint density at radius 3 is 2.48 bits per heavy atom. The standard InChI is InChI=1S/C21H22N2O4/c1-4-25-20-8-6-5-7-19(20)22-21(24)16-9-11-17(12-10-16)26-13-18-14(2)23-27-15(18)3/h5-12H,4,13H2,1-3H3,(H,22,24). The van der Waals surface area contributed by atoms with Gasteiger partial charge in [-0.3, -0.25) is 4.79 Å². The van der Waals surface area contributed by atoms with Crippen LogP contribution >= 0.6 is 0 Å². The molecule has 1 aromatic heterocycles. The van der Waals surface area contributed by atoms with Crippen LogP contribution in [0.15, 0.2) is 53.1 Å². The van der Waals surface area contributed by atoms with Crippen LogP contribution in [-0.4, -0.2) is 17.7 Å². The van der Waals surface area contributed by atoms with Crippen LogP contribution in [0.25, 0.3) is 0 Å². The van der Waals surface area contributed by atoms with Gasteiger partial charge in [-0.2, -0.15) is 0 Å². The van der Waals surface area contributed by atoms with Crippen LogP contribution < -0.4 is 14.8 Å². The molecule has 0 aliphatic rings. The number of benzene rings is 2. The molecule has 6 heteroatoms. The Kier molecular flexibility index (Phi) is 5.76. The van der Waals surface area contributed by atoms with Crippen molar-refractivity contribution in [2.24, 2.45) is 0 Å². The van der Waals surface area contributed by atoms with Gasteiger partial charge < -0.3 is 19.3 Å². The zero-order chi connectivity index (χ0) is 19.2. The number of hydrogen-bond acceptors (Lipinski definition) is 5. The van der Waals surface area contributed by atoms with Crippen molar-refractivity contribution in [1.29, 1.82) is 0 Å². The molecule has 0 saturated carbocycles. The molecular formula is C21H22N2O4. The molecule has 0 atom stereocenters. The summed E-state index contributed by atoms with van der Waals surface area (Å²) in [6.07, 6.45) is 0. The number of anilines is 1. The van der Waals surface area contributed by atoms with Crippen LogP contribution in [-0.2, 0) is 6.61 Å². The molecule has 0 radical (unpaired) electrons. The molecule has 0 saturated heterocycles. The first-order valence-corrected chi connectivity index (χ1v) is 8.76. The lowest BCUT2D eigenvalue weighted by Gasteiger charge is -2.11. The summed E-state index contributed by atoms with van der Waals surface area (Å²) in [4.78, 5) is 12.5. The SMILES string of the molecule is CCOc1ccccc1NC(=O)c1ccc(OCc2c(C)noc2C)cc1. The molecule has 140 valence electrons. The van der Waals surface area contributed by atoms with E-state index in [1.165, 1.54) is 0 Å². The van der Waals surface area contributed by atoms with E-state index in [0.717, 1.165) is 17.0 Å². The lowest BCUT2D eigenvalue weighted by molar-refractivity contribution is 0.102. The highest BCUT2D eigenvalue weighted by molar-refractivity contribution is 6.05. The number of nitrogens with one attached hydrogen (secondary N) is 1. The molecule has 2 aromatic carbocycles. The number of ether oxygens (including phenoxy) is 2.